The Hall–Kier alpha value is 0.576. The second kappa shape index (κ2) is 16.0. The molecule has 4 nitrogen and oxygen atoms in total. The van der Waals surface area contributed by atoms with E-state index in [9.17, 15) is 9.59 Å². The second-order valence-corrected chi connectivity index (χ2v) is 5.20. The van der Waals surface area contributed by atoms with E-state index in [0.29, 0.717) is 6.42 Å². The van der Waals surface area contributed by atoms with E-state index in [-0.39, 0.29) is 57.8 Å². The van der Waals surface area contributed by atoms with E-state index in [1.807, 2.05) is 0 Å². The van der Waals surface area contributed by atoms with Gasteiger partial charge in [0, 0.05) is 0 Å². The second-order valence-electron chi connectivity index (χ2n) is 5.20. The van der Waals surface area contributed by atoms with Crippen LogP contribution in [-0.4, -0.2) is 73.5 Å². The van der Waals surface area contributed by atoms with Crippen molar-refractivity contribution in [1.82, 2.24) is 0 Å². The van der Waals surface area contributed by atoms with Gasteiger partial charge in [-0.2, -0.15) is 0 Å². The normalized spacial score (nSPS) is 10.3. The molecule has 20 heavy (non-hydrogen) atoms. The van der Waals surface area contributed by atoms with Crippen molar-refractivity contribution in [2.75, 3.05) is 0 Å². The number of aliphatic carboxylic acids is 2. The third-order valence-corrected chi connectivity index (χ3v) is 3.44. The number of rotatable bonds is 13. The quantitative estimate of drug-likeness (QED) is 0.310. The number of carboxylic acids is 2. The minimum absolute atomic E-state index is 0. The first kappa shape index (κ1) is 22.9. The van der Waals surface area contributed by atoms with Crippen LogP contribution >= 0.6 is 0 Å². The summed E-state index contributed by atoms with van der Waals surface area (Å²) < 4.78 is 0. The summed E-state index contributed by atoms with van der Waals surface area (Å²) in [6.45, 7) is 2.21. The van der Waals surface area contributed by atoms with Crippen molar-refractivity contribution in [2.24, 2.45) is 5.92 Å². The summed E-state index contributed by atoms with van der Waals surface area (Å²) in [6, 6.07) is 0. The number of carboxylic acid groups (broad SMARTS) is 2. The van der Waals surface area contributed by atoms with Crippen molar-refractivity contribution >= 4 is 63.3 Å². The van der Waals surface area contributed by atoms with Crippen molar-refractivity contribution < 1.29 is 19.8 Å². The SMILES string of the molecule is CCCCCCCCCCCCC(C(=O)O)C(=O)O.[KH]. The van der Waals surface area contributed by atoms with Gasteiger partial charge in [-0.05, 0) is 6.42 Å². The Kier molecular flexibility index (Phi) is 18.2. The van der Waals surface area contributed by atoms with Gasteiger partial charge in [0.1, 0.15) is 0 Å². The van der Waals surface area contributed by atoms with E-state index in [1.54, 1.807) is 0 Å². The van der Waals surface area contributed by atoms with Gasteiger partial charge in [0.15, 0.2) is 5.92 Å². The van der Waals surface area contributed by atoms with Gasteiger partial charge in [-0.15, -0.1) is 0 Å². The molecule has 0 amide bonds. The van der Waals surface area contributed by atoms with Crippen LogP contribution in [0.15, 0.2) is 0 Å². The summed E-state index contributed by atoms with van der Waals surface area (Å²) in [5, 5.41) is 17.4. The molecule has 0 unspecified atom stereocenters. The Bertz CT molecular complexity index is 242. The van der Waals surface area contributed by atoms with Crippen molar-refractivity contribution in [3.8, 4) is 0 Å². The van der Waals surface area contributed by atoms with E-state index in [4.69, 9.17) is 10.2 Å². The Labute approximate surface area is 165 Å². The summed E-state index contributed by atoms with van der Waals surface area (Å²) in [5.74, 6) is -3.67. The predicted molar refractivity (Wildman–Crippen MR) is 82.4 cm³/mol. The fraction of sp³-hybridized carbons (Fsp3) is 0.867. The van der Waals surface area contributed by atoms with Crippen molar-refractivity contribution in [1.29, 1.82) is 0 Å². The molecule has 0 atom stereocenters. The van der Waals surface area contributed by atoms with E-state index >= 15 is 0 Å². The topological polar surface area (TPSA) is 74.6 Å². The molecule has 0 heterocycles. The van der Waals surface area contributed by atoms with Crippen LogP contribution in [0.3, 0.4) is 0 Å². The van der Waals surface area contributed by atoms with Gasteiger partial charge in [-0.25, -0.2) is 0 Å². The van der Waals surface area contributed by atoms with Gasteiger partial charge in [0.25, 0.3) is 0 Å². The molecule has 2 N–H and O–H groups in total. The van der Waals surface area contributed by atoms with Crippen molar-refractivity contribution in [3.63, 3.8) is 0 Å². The molecular weight excluding hydrogens is 283 g/mol. The zero-order chi connectivity index (χ0) is 14.5. The molecule has 5 heteroatoms. The van der Waals surface area contributed by atoms with Crippen LogP contribution < -0.4 is 0 Å². The van der Waals surface area contributed by atoms with Crippen LogP contribution in [0.1, 0.15) is 77.6 Å². The molecular formula is C15H29KO4. The fourth-order valence-electron chi connectivity index (χ4n) is 2.19. The first-order chi connectivity index (χ1) is 9.09. The standard InChI is InChI=1S/C15H28O4.K.H/c1-2-3-4-5-6-7-8-9-10-11-12-13(14(16)17)15(18)19;;/h13H,2-12H2,1H3,(H,16,17)(H,18,19);;. The molecule has 0 aromatic rings. The molecule has 114 valence electrons. The monoisotopic (exact) mass is 312 g/mol. The van der Waals surface area contributed by atoms with E-state index in [1.165, 1.54) is 44.9 Å². The average Bonchev–Trinajstić information content (AvgIpc) is 2.35. The first-order valence-corrected chi connectivity index (χ1v) is 7.55. The molecule has 0 fully saturated rings. The Morgan fingerprint density at radius 1 is 0.750 bits per heavy atom. The molecule has 0 aliphatic carbocycles. The van der Waals surface area contributed by atoms with Crippen LogP contribution in [0.25, 0.3) is 0 Å². The maximum atomic E-state index is 10.7. The minimum atomic E-state index is -1.23. The van der Waals surface area contributed by atoms with Crippen molar-refractivity contribution in [2.45, 2.75) is 77.6 Å². The predicted octanol–water partition coefficient (Wildman–Crippen LogP) is 3.43. The first-order valence-electron chi connectivity index (χ1n) is 7.55. The molecule has 0 aromatic carbocycles. The Morgan fingerprint density at radius 2 is 1.10 bits per heavy atom. The molecule has 0 spiro atoms. The van der Waals surface area contributed by atoms with Crippen LogP contribution in [0.2, 0.25) is 0 Å². The molecule has 0 aliphatic heterocycles. The molecule has 0 aromatic heterocycles. The number of hydrogen-bond acceptors (Lipinski definition) is 2. The van der Waals surface area contributed by atoms with Gasteiger partial charge in [-0.1, -0.05) is 71.1 Å². The summed E-state index contributed by atoms with van der Waals surface area (Å²) in [5.41, 5.74) is 0. The van der Waals surface area contributed by atoms with Crippen LogP contribution in [0.5, 0.6) is 0 Å². The molecule has 0 radical (unpaired) electrons. The van der Waals surface area contributed by atoms with Crippen LogP contribution in [-0.2, 0) is 9.59 Å². The summed E-state index contributed by atoms with van der Waals surface area (Å²) >= 11 is 0. The average molecular weight is 312 g/mol. The van der Waals surface area contributed by atoms with E-state index < -0.39 is 17.9 Å². The summed E-state index contributed by atoms with van der Waals surface area (Å²) in [6.07, 6.45) is 11.9. The summed E-state index contributed by atoms with van der Waals surface area (Å²) in [4.78, 5) is 21.3. The number of carbonyl (C=O) groups is 2. The Balaban J connectivity index is 0. The van der Waals surface area contributed by atoms with Gasteiger partial charge in [0.05, 0.1) is 0 Å². The zero-order valence-corrected chi connectivity index (χ0v) is 12.1. The maximum absolute atomic E-state index is 10.7. The molecule has 0 rings (SSSR count). The van der Waals surface area contributed by atoms with Crippen LogP contribution in [0.4, 0.5) is 0 Å². The fourth-order valence-corrected chi connectivity index (χ4v) is 2.19. The van der Waals surface area contributed by atoms with Crippen LogP contribution in [0, 0.1) is 5.92 Å². The van der Waals surface area contributed by atoms with Gasteiger partial charge >= 0.3 is 63.3 Å². The van der Waals surface area contributed by atoms with E-state index in [2.05, 4.69) is 6.92 Å². The van der Waals surface area contributed by atoms with Gasteiger partial charge in [-0.3, -0.25) is 9.59 Å². The molecule has 0 saturated carbocycles. The Morgan fingerprint density at radius 3 is 1.45 bits per heavy atom. The van der Waals surface area contributed by atoms with Crippen molar-refractivity contribution in [3.05, 3.63) is 0 Å². The van der Waals surface area contributed by atoms with Gasteiger partial charge < -0.3 is 10.2 Å². The van der Waals surface area contributed by atoms with E-state index in [0.717, 1.165) is 12.8 Å². The third kappa shape index (κ3) is 13.6. The third-order valence-electron chi connectivity index (χ3n) is 3.44. The molecule has 0 bridgehead atoms. The van der Waals surface area contributed by atoms with Gasteiger partial charge in [0.2, 0.25) is 0 Å². The molecule has 0 aliphatic rings. The zero-order valence-electron chi connectivity index (χ0n) is 12.1. The molecule has 0 saturated heterocycles. The number of unbranched alkanes of at least 4 members (excludes halogenated alkanes) is 9. The summed E-state index contributed by atoms with van der Waals surface area (Å²) in [7, 11) is 0. The number of hydrogen-bond donors (Lipinski definition) is 2.